The molecular weight excluding hydrogens is 152 g/mol. The Morgan fingerprint density at radius 3 is 1.91 bits per heavy atom. The quantitative estimate of drug-likeness (QED) is 0.452. The summed E-state index contributed by atoms with van der Waals surface area (Å²) in [5, 5.41) is 25.8. The Labute approximate surface area is 63.3 Å². The van der Waals surface area contributed by atoms with E-state index in [0.717, 1.165) is 13.8 Å². The predicted molar refractivity (Wildman–Crippen MR) is 34.9 cm³/mol. The van der Waals surface area contributed by atoms with Gasteiger partial charge < -0.3 is 15.3 Å². The minimum absolute atomic E-state index is 0.824. The lowest BCUT2D eigenvalue weighted by molar-refractivity contribution is -0.166. The molecule has 2 atom stereocenters. The molecule has 0 fully saturated rings. The number of hydrogen-bond acceptors (Lipinski definition) is 4. The van der Waals surface area contributed by atoms with Crippen LogP contribution in [0.25, 0.3) is 0 Å². The van der Waals surface area contributed by atoms with Crippen LogP contribution >= 0.6 is 0 Å². The van der Waals surface area contributed by atoms with E-state index < -0.39 is 23.5 Å². The summed E-state index contributed by atoms with van der Waals surface area (Å²) in [7, 11) is 0. The number of rotatable bonds is 3. The van der Waals surface area contributed by atoms with Crippen LogP contribution in [0.5, 0.6) is 0 Å². The lowest BCUT2D eigenvalue weighted by Crippen LogP contribution is -2.48. The molecule has 0 radical (unpaired) electrons. The fourth-order valence-electron chi connectivity index (χ4n) is 0.512. The minimum atomic E-state index is -2.49. The number of ketones is 1. The van der Waals surface area contributed by atoms with Gasteiger partial charge in [-0.2, -0.15) is 0 Å². The summed E-state index contributed by atoms with van der Waals surface area (Å²) in [4.78, 5) is 20.9. The zero-order valence-corrected chi connectivity index (χ0v) is 6.24. The van der Waals surface area contributed by atoms with E-state index in [1.54, 1.807) is 0 Å². The molecule has 0 aromatic heterocycles. The molecule has 5 nitrogen and oxygen atoms in total. The van der Waals surface area contributed by atoms with Gasteiger partial charge in [-0.1, -0.05) is 0 Å². The van der Waals surface area contributed by atoms with E-state index in [4.69, 9.17) is 15.3 Å². The van der Waals surface area contributed by atoms with E-state index in [-0.39, 0.29) is 0 Å². The number of hydrogen-bond donors (Lipinski definition) is 3. The molecule has 0 aromatic rings. The number of carbonyl (C=O) groups is 2. The Hall–Kier alpha value is -0.940. The van der Waals surface area contributed by atoms with Gasteiger partial charge in [0, 0.05) is 0 Å². The topological polar surface area (TPSA) is 94.8 Å². The molecule has 0 spiro atoms. The molecular formula is C6H10O5. The Morgan fingerprint density at radius 1 is 1.45 bits per heavy atom. The molecule has 5 heteroatoms. The molecule has 0 aromatic carbocycles. The van der Waals surface area contributed by atoms with Crippen LogP contribution < -0.4 is 0 Å². The SMILES string of the molecule is C[C@H](O)C(=O)[C@](C)(O)C(=O)O. The van der Waals surface area contributed by atoms with E-state index >= 15 is 0 Å². The maximum absolute atomic E-state index is 10.7. The number of aliphatic hydroxyl groups is 2. The van der Waals surface area contributed by atoms with Gasteiger partial charge >= 0.3 is 5.97 Å². The van der Waals surface area contributed by atoms with E-state index in [1.165, 1.54) is 0 Å². The minimum Gasteiger partial charge on any atom is -0.479 e. The van der Waals surface area contributed by atoms with Crippen molar-refractivity contribution in [1.29, 1.82) is 0 Å². The summed E-state index contributed by atoms with van der Waals surface area (Å²) in [5.41, 5.74) is -2.49. The molecule has 64 valence electrons. The number of carbonyl (C=O) groups excluding carboxylic acids is 1. The summed E-state index contributed by atoms with van der Waals surface area (Å²) in [6.45, 7) is 1.92. The average Bonchev–Trinajstić information content (AvgIpc) is 1.85. The standard InChI is InChI=1S/C6H10O5/c1-3(7)4(8)6(2,11)5(9)10/h3,7,11H,1-2H3,(H,9,10)/t3-,6-/m0/s1. The van der Waals surface area contributed by atoms with Crippen LogP contribution in [0.1, 0.15) is 13.8 Å². The summed E-state index contributed by atoms with van der Waals surface area (Å²) in [6, 6.07) is 0. The van der Waals surface area contributed by atoms with Crippen LogP contribution in [0.4, 0.5) is 0 Å². The molecule has 0 unspecified atom stereocenters. The molecule has 0 saturated carbocycles. The van der Waals surface area contributed by atoms with Gasteiger partial charge in [0.05, 0.1) is 0 Å². The Kier molecular flexibility index (Phi) is 2.72. The highest BCUT2D eigenvalue weighted by atomic mass is 16.4. The Bertz CT molecular complexity index is 181. The second kappa shape index (κ2) is 2.98. The van der Waals surface area contributed by atoms with Crippen LogP contribution in [0, 0.1) is 0 Å². The van der Waals surface area contributed by atoms with Gasteiger partial charge in [-0.05, 0) is 13.8 Å². The van der Waals surface area contributed by atoms with E-state index in [0.29, 0.717) is 0 Å². The second-order valence-corrected chi connectivity index (χ2v) is 2.42. The highest BCUT2D eigenvalue weighted by Crippen LogP contribution is 2.07. The van der Waals surface area contributed by atoms with Crippen molar-refractivity contribution in [3.63, 3.8) is 0 Å². The lowest BCUT2D eigenvalue weighted by atomic mass is 9.98. The fraction of sp³-hybridized carbons (Fsp3) is 0.667. The number of aliphatic hydroxyl groups excluding tert-OH is 1. The molecule has 0 heterocycles. The van der Waals surface area contributed by atoms with E-state index in [1.807, 2.05) is 0 Å². The van der Waals surface area contributed by atoms with Crippen molar-refractivity contribution in [2.45, 2.75) is 25.6 Å². The Balaban J connectivity index is 4.56. The first kappa shape index (κ1) is 10.1. The normalized spacial score (nSPS) is 18.5. The lowest BCUT2D eigenvalue weighted by Gasteiger charge is -2.17. The van der Waals surface area contributed by atoms with Gasteiger partial charge in [-0.15, -0.1) is 0 Å². The smallest absolute Gasteiger partial charge is 0.343 e. The third-order valence-corrected chi connectivity index (χ3v) is 1.28. The van der Waals surface area contributed by atoms with Crippen LogP contribution in [0.15, 0.2) is 0 Å². The molecule has 0 aliphatic carbocycles. The third-order valence-electron chi connectivity index (χ3n) is 1.28. The molecule has 0 aliphatic heterocycles. The number of carboxylic acid groups (broad SMARTS) is 1. The van der Waals surface area contributed by atoms with Crippen LogP contribution in [-0.4, -0.2) is 38.8 Å². The molecule has 0 amide bonds. The van der Waals surface area contributed by atoms with Crippen LogP contribution in [0.3, 0.4) is 0 Å². The summed E-state index contributed by atoms with van der Waals surface area (Å²) in [5.74, 6) is -2.78. The third kappa shape index (κ3) is 1.99. The molecule has 0 bridgehead atoms. The molecule has 0 aliphatic rings. The van der Waals surface area contributed by atoms with Gasteiger partial charge in [0.25, 0.3) is 0 Å². The van der Waals surface area contributed by atoms with Crippen molar-refractivity contribution >= 4 is 11.8 Å². The summed E-state index contributed by atoms with van der Waals surface area (Å²) in [6.07, 6.45) is -1.47. The maximum Gasteiger partial charge on any atom is 0.343 e. The predicted octanol–water partition coefficient (Wildman–Crippen LogP) is -1.23. The highest BCUT2D eigenvalue weighted by Gasteiger charge is 2.40. The van der Waals surface area contributed by atoms with E-state index in [9.17, 15) is 9.59 Å². The van der Waals surface area contributed by atoms with Crippen LogP contribution in [-0.2, 0) is 9.59 Å². The van der Waals surface area contributed by atoms with Crippen molar-refractivity contribution in [2.75, 3.05) is 0 Å². The first-order valence-corrected chi connectivity index (χ1v) is 2.98. The van der Waals surface area contributed by atoms with Crippen molar-refractivity contribution < 1.29 is 24.9 Å². The van der Waals surface area contributed by atoms with Gasteiger partial charge in [-0.25, -0.2) is 4.79 Å². The highest BCUT2D eigenvalue weighted by molar-refractivity contribution is 6.07. The van der Waals surface area contributed by atoms with Gasteiger partial charge in [-0.3, -0.25) is 4.79 Å². The van der Waals surface area contributed by atoms with Crippen molar-refractivity contribution in [2.24, 2.45) is 0 Å². The fourth-order valence-corrected chi connectivity index (χ4v) is 0.512. The first-order chi connectivity index (χ1) is 4.80. The molecule has 11 heavy (non-hydrogen) atoms. The molecule has 0 rings (SSSR count). The van der Waals surface area contributed by atoms with Crippen molar-refractivity contribution in [3.8, 4) is 0 Å². The van der Waals surface area contributed by atoms with E-state index in [2.05, 4.69) is 0 Å². The number of Topliss-reactive ketones (excluding diaryl/α,β-unsaturated/α-hetero) is 1. The number of carboxylic acids is 1. The van der Waals surface area contributed by atoms with Gasteiger partial charge in [0.15, 0.2) is 0 Å². The maximum atomic E-state index is 10.7. The zero-order chi connectivity index (χ0) is 9.23. The summed E-state index contributed by atoms with van der Waals surface area (Å²) >= 11 is 0. The largest absolute Gasteiger partial charge is 0.479 e. The van der Waals surface area contributed by atoms with Crippen molar-refractivity contribution in [3.05, 3.63) is 0 Å². The van der Waals surface area contributed by atoms with Crippen LogP contribution in [0.2, 0.25) is 0 Å². The zero-order valence-electron chi connectivity index (χ0n) is 6.24. The molecule has 3 N–H and O–H groups in total. The summed E-state index contributed by atoms with van der Waals surface area (Å²) < 4.78 is 0. The van der Waals surface area contributed by atoms with Gasteiger partial charge in [0.1, 0.15) is 6.10 Å². The first-order valence-electron chi connectivity index (χ1n) is 2.98. The average molecular weight is 162 g/mol. The van der Waals surface area contributed by atoms with Crippen molar-refractivity contribution in [1.82, 2.24) is 0 Å². The number of aliphatic carboxylic acids is 1. The Morgan fingerprint density at radius 2 is 1.82 bits per heavy atom. The molecule has 0 saturated heterocycles. The van der Waals surface area contributed by atoms with Gasteiger partial charge in [0.2, 0.25) is 11.4 Å². The second-order valence-electron chi connectivity index (χ2n) is 2.42. The monoisotopic (exact) mass is 162 g/mol.